The molecule has 2 aromatic heterocycles. The van der Waals surface area contributed by atoms with Crippen molar-refractivity contribution in [2.75, 3.05) is 0 Å². The second kappa shape index (κ2) is 15.3. The summed E-state index contributed by atoms with van der Waals surface area (Å²) in [6.45, 7) is 6.09. The standard InChI is InChI=1S/C56H39N3/c1-3-13-41-32-43(29-23-37(41)4-2)53-35-52(40-27-24-39(25-28-40)47-18-12-31-57-36-47)58-56(59-53)46-17-11-16-44(34-46)54-48-19-7-9-21-50(48)55(51-22-10-8-20-49(51)54)45-30-26-38-14-5-6-15-42(38)33-45/h3-36H,2H2,1H3/b13-3-. The monoisotopic (exact) mass is 753 g/mol. The maximum Gasteiger partial charge on any atom is 0.160 e. The van der Waals surface area contributed by atoms with E-state index in [2.05, 4.69) is 194 Å². The maximum absolute atomic E-state index is 5.29. The van der Waals surface area contributed by atoms with Gasteiger partial charge >= 0.3 is 0 Å². The van der Waals surface area contributed by atoms with Crippen LogP contribution in [0.5, 0.6) is 0 Å². The summed E-state index contributed by atoms with van der Waals surface area (Å²) >= 11 is 0. The highest BCUT2D eigenvalue weighted by atomic mass is 14.9. The summed E-state index contributed by atoms with van der Waals surface area (Å²) in [6.07, 6.45) is 9.75. The normalized spacial score (nSPS) is 11.5. The quantitative estimate of drug-likeness (QED) is 0.145. The lowest BCUT2D eigenvalue weighted by Gasteiger charge is -2.18. The van der Waals surface area contributed by atoms with Crippen LogP contribution < -0.4 is 0 Å². The minimum Gasteiger partial charge on any atom is -0.264 e. The van der Waals surface area contributed by atoms with E-state index in [0.29, 0.717) is 5.82 Å². The van der Waals surface area contributed by atoms with Crippen LogP contribution in [0.3, 0.4) is 0 Å². The molecule has 0 radical (unpaired) electrons. The van der Waals surface area contributed by atoms with Crippen molar-refractivity contribution < 1.29 is 0 Å². The van der Waals surface area contributed by atoms with Gasteiger partial charge in [0.05, 0.1) is 11.4 Å². The third kappa shape index (κ3) is 6.69. The Morgan fingerprint density at radius 2 is 1.00 bits per heavy atom. The van der Waals surface area contributed by atoms with Gasteiger partial charge in [0, 0.05) is 29.1 Å². The molecule has 0 aliphatic carbocycles. The number of fused-ring (bicyclic) bond motifs is 3. The summed E-state index contributed by atoms with van der Waals surface area (Å²) < 4.78 is 0. The Kier molecular flexibility index (Phi) is 9.25. The number of aromatic nitrogens is 3. The van der Waals surface area contributed by atoms with Crippen molar-refractivity contribution in [1.82, 2.24) is 15.0 Å². The molecule has 0 aliphatic rings. The zero-order valence-corrected chi connectivity index (χ0v) is 32.7. The molecule has 0 fully saturated rings. The Balaban J connectivity index is 1.15. The molecule has 0 saturated heterocycles. The number of benzene rings is 8. The average molecular weight is 754 g/mol. The summed E-state index contributed by atoms with van der Waals surface area (Å²) in [6, 6.07) is 62.8. The lowest BCUT2D eigenvalue weighted by molar-refractivity contribution is 1.18. The van der Waals surface area contributed by atoms with Crippen LogP contribution in [0.15, 0.2) is 201 Å². The van der Waals surface area contributed by atoms with Gasteiger partial charge in [-0.2, -0.15) is 0 Å². The highest BCUT2D eigenvalue weighted by Gasteiger charge is 2.18. The fourth-order valence-electron chi connectivity index (χ4n) is 8.39. The van der Waals surface area contributed by atoms with Gasteiger partial charge in [-0.3, -0.25) is 4.98 Å². The van der Waals surface area contributed by atoms with Crippen molar-refractivity contribution in [3.05, 3.63) is 212 Å². The van der Waals surface area contributed by atoms with Crippen LogP contribution in [0.4, 0.5) is 0 Å². The first-order valence-corrected chi connectivity index (χ1v) is 20.0. The van der Waals surface area contributed by atoms with E-state index in [4.69, 9.17) is 9.97 Å². The molecule has 0 amide bonds. The van der Waals surface area contributed by atoms with Crippen LogP contribution in [0, 0.1) is 0 Å². The molecule has 0 N–H and O–H groups in total. The van der Waals surface area contributed by atoms with Crippen molar-refractivity contribution in [3.63, 3.8) is 0 Å². The van der Waals surface area contributed by atoms with Crippen molar-refractivity contribution in [2.24, 2.45) is 0 Å². The summed E-state index contributed by atoms with van der Waals surface area (Å²) in [5.41, 5.74) is 13.8. The average Bonchev–Trinajstić information content (AvgIpc) is 3.31. The molecule has 3 nitrogen and oxygen atoms in total. The van der Waals surface area contributed by atoms with Crippen molar-refractivity contribution in [1.29, 1.82) is 0 Å². The molecule has 0 spiro atoms. The molecule has 0 bridgehead atoms. The van der Waals surface area contributed by atoms with E-state index in [1.807, 2.05) is 25.3 Å². The van der Waals surface area contributed by atoms with Gasteiger partial charge in [-0.1, -0.05) is 170 Å². The van der Waals surface area contributed by atoms with Gasteiger partial charge in [-0.05, 0) is 114 Å². The molecule has 10 rings (SSSR count). The molecule has 59 heavy (non-hydrogen) atoms. The van der Waals surface area contributed by atoms with Gasteiger partial charge in [-0.25, -0.2) is 9.97 Å². The summed E-state index contributed by atoms with van der Waals surface area (Å²) in [7, 11) is 0. The number of hydrogen-bond acceptors (Lipinski definition) is 3. The molecule has 0 atom stereocenters. The molecule has 0 saturated carbocycles. The molecule has 3 heteroatoms. The largest absolute Gasteiger partial charge is 0.264 e. The highest BCUT2D eigenvalue weighted by molar-refractivity contribution is 6.21. The first kappa shape index (κ1) is 35.6. The Hall–Kier alpha value is -7.75. The summed E-state index contributed by atoms with van der Waals surface area (Å²) in [4.78, 5) is 14.9. The van der Waals surface area contributed by atoms with Crippen LogP contribution >= 0.6 is 0 Å². The molecule has 2 heterocycles. The predicted octanol–water partition coefficient (Wildman–Crippen LogP) is 15.0. The zero-order valence-electron chi connectivity index (χ0n) is 32.7. The molecule has 8 aromatic carbocycles. The Bertz CT molecular complexity index is 3180. The number of rotatable bonds is 8. The number of hydrogen-bond donors (Lipinski definition) is 0. The van der Waals surface area contributed by atoms with Crippen molar-refractivity contribution in [3.8, 4) is 67.3 Å². The topological polar surface area (TPSA) is 38.7 Å². The Labute approximate surface area is 344 Å². The minimum absolute atomic E-state index is 0.664. The second-order valence-corrected chi connectivity index (χ2v) is 14.8. The first-order chi connectivity index (χ1) is 29.1. The molecular formula is C56H39N3. The third-order valence-corrected chi connectivity index (χ3v) is 11.2. The molecular weight excluding hydrogens is 715 g/mol. The van der Waals surface area contributed by atoms with Gasteiger partial charge in [0.1, 0.15) is 0 Å². The molecule has 0 aliphatic heterocycles. The third-order valence-electron chi connectivity index (χ3n) is 11.2. The highest BCUT2D eigenvalue weighted by Crippen LogP contribution is 2.44. The summed E-state index contributed by atoms with van der Waals surface area (Å²) in [5, 5.41) is 7.31. The first-order valence-electron chi connectivity index (χ1n) is 20.0. The number of nitrogens with zero attached hydrogens (tertiary/aromatic N) is 3. The van der Waals surface area contributed by atoms with E-state index in [0.717, 1.165) is 55.9 Å². The Morgan fingerprint density at radius 1 is 0.424 bits per heavy atom. The van der Waals surface area contributed by atoms with Crippen molar-refractivity contribution >= 4 is 44.5 Å². The van der Waals surface area contributed by atoms with Gasteiger partial charge in [0.25, 0.3) is 0 Å². The molecule has 0 unspecified atom stereocenters. The lowest BCUT2D eigenvalue weighted by Crippen LogP contribution is -1.97. The smallest absolute Gasteiger partial charge is 0.160 e. The molecule has 10 aromatic rings. The van der Waals surface area contributed by atoms with E-state index in [9.17, 15) is 0 Å². The van der Waals surface area contributed by atoms with Gasteiger partial charge in [0.15, 0.2) is 5.82 Å². The SMILES string of the molecule is C=Cc1ccc(-c2cc(-c3ccc(-c4cccnc4)cc3)nc(-c3cccc(-c4c5ccccc5c(-c5ccc6ccccc6c5)c5ccccc45)c3)n2)cc1/C=C\C. The van der Waals surface area contributed by atoms with E-state index < -0.39 is 0 Å². The second-order valence-electron chi connectivity index (χ2n) is 14.8. The number of allylic oxidation sites excluding steroid dienone is 1. The van der Waals surface area contributed by atoms with Crippen molar-refractivity contribution in [2.45, 2.75) is 6.92 Å². The fourth-order valence-corrected chi connectivity index (χ4v) is 8.39. The molecule has 278 valence electrons. The maximum atomic E-state index is 5.29. The van der Waals surface area contributed by atoms with Crippen LogP contribution in [0.1, 0.15) is 18.1 Å². The van der Waals surface area contributed by atoms with E-state index >= 15 is 0 Å². The predicted molar refractivity (Wildman–Crippen MR) is 250 cm³/mol. The van der Waals surface area contributed by atoms with E-state index in [-0.39, 0.29) is 0 Å². The summed E-state index contributed by atoms with van der Waals surface area (Å²) in [5.74, 6) is 0.664. The van der Waals surface area contributed by atoms with Crippen LogP contribution in [-0.4, -0.2) is 15.0 Å². The van der Waals surface area contributed by atoms with Crippen LogP contribution in [-0.2, 0) is 0 Å². The number of pyridine rings is 1. The zero-order chi connectivity index (χ0) is 39.7. The fraction of sp³-hybridized carbons (Fsp3) is 0.0179. The van der Waals surface area contributed by atoms with Crippen LogP contribution in [0.25, 0.3) is 112 Å². The minimum atomic E-state index is 0.664. The Morgan fingerprint density at radius 3 is 1.66 bits per heavy atom. The van der Waals surface area contributed by atoms with Gasteiger partial charge in [0.2, 0.25) is 0 Å². The van der Waals surface area contributed by atoms with Gasteiger partial charge in [-0.15, -0.1) is 0 Å². The van der Waals surface area contributed by atoms with E-state index in [1.165, 1.54) is 49.0 Å². The van der Waals surface area contributed by atoms with Gasteiger partial charge < -0.3 is 0 Å². The lowest BCUT2D eigenvalue weighted by atomic mass is 9.85. The van der Waals surface area contributed by atoms with Crippen LogP contribution in [0.2, 0.25) is 0 Å². The van der Waals surface area contributed by atoms with E-state index in [1.54, 1.807) is 6.20 Å².